The summed E-state index contributed by atoms with van der Waals surface area (Å²) in [6.07, 6.45) is 4.58. The highest BCUT2D eigenvalue weighted by Crippen LogP contribution is 2.22. The van der Waals surface area contributed by atoms with Crippen molar-refractivity contribution in [2.45, 2.75) is 44.1 Å². The van der Waals surface area contributed by atoms with E-state index in [0.29, 0.717) is 12.0 Å². The Morgan fingerprint density at radius 3 is 2.90 bits per heavy atom. The van der Waals surface area contributed by atoms with Crippen LogP contribution in [0.1, 0.15) is 31.7 Å². The zero-order valence-corrected chi connectivity index (χ0v) is 12.1. The van der Waals surface area contributed by atoms with Crippen LogP contribution in [0.2, 0.25) is 0 Å². The average Bonchev–Trinajstić information content (AvgIpc) is 2.87. The normalized spacial score (nSPS) is 22.6. The van der Waals surface area contributed by atoms with Crippen molar-refractivity contribution in [3.8, 4) is 0 Å². The number of rotatable bonds is 5. The van der Waals surface area contributed by atoms with E-state index in [9.17, 15) is 13.2 Å². The lowest BCUT2D eigenvalue weighted by Gasteiger charge is -2.13. The molecule has 7 heteroatoms. The van der Waals surface area contributed by atoms with Gasteiger partial charge < -0.3 is 4.74 Å². The summed E-state index contributed by atoms with van der Waals surface area (Å²) in [5.41, 5.74) is 0.534. The Labute approximate surface area is 118 Å². The third-order valence-electron chi connectivity index (χ3n) is 3.19. The first kappa shape index (κ1) is 14.9. The maximum absolute atomic E-state index is 11.9. The fraction of sp³-hybridized carbons (Fsp3) is 0.538. The van der Waals surface area contributed by atoms with Gasteiger partial charge in [0.15, 0.2) is 0 Å². The number of carbonyl (C=O) groups excluding carboxylic acids is 1. The van der Waals surface area contributed by atoms with Crippen LogP contribution in [0.15, 0.2) is 24.5 Å². The molecule has 1 fully saturated rings. The highest BCUT2D eigenvalue weighted by molar-refractivity contribution is 7.89. The highest BCUT2D eigenvalue weighted by atomic mass is 32.2. The zero-order chi connectivity index (χ0) is 14.6. The number of hydrogen-bond donors (Lipinski definition) is 1. The predicted octanol–water partition coefficient (Wildman–Crippen LogP) is 0.985. The molecule has 0 radical (unpaired) electrons. The van der Waals surface area contributed by atoms with Crippen LogP contribution in [0.5, 0.6) is 0 Å². The van der Waals surface area contributed by atoms with Gasteiger partial charge in [0, 0.05) is 12.4 Å². The average molecular weight is 298 g/mol. The molecule has 0 bridgehead atoms. The standard InChI is InChI=1S/C13H18N2O4S/c1-2-11-5-6-12(19-11)13(16)15-20(17,18)9-10-4-3-7-14-8-10/h3-4,7-8,11-12H,2,5-6,9H2,1H3,(H,15,16)/t11-,12-/m1/s1. The van der Waals surface area contributed by atoms with Crippen LogP contribution in [0.3, 0.4) is 0 Å². The Balaban J connectivity index is 1.93. The third kappa shape index (κ3) is 4.01. The number of sulfonamides is 1. The third-order valence-corrected chi connectivity index (χ3v) is 4.42. The van der Waals surface area contributed by atoms with Crippen molar-refractivity contribution < 1.29 is 17.9 Å². The second kappa shape index (κ2) is 6.32. The molecule has 1 aromatic heterocycles. The number of nitrogens with one attached hydrogen (secondary N) is 1. The first-order chi connectivity index (χ1) is 9.50. The summed E-state index contributed by atoms with van der Waals surface area (Å²) in [6, 6.07) is 3.30. The van der Waals surface area contributed by atoms with Gasteiger partial charge in [-0.3, -0.25) is 14.5 Å². The first-order valence-corrected chi connectivity index (χ1v) is 8.24. The summed E-state index contributed by atoms with van der Waals surface area (Å²) < 4.78 is 31.4. The summed E-state index contributed by atoms with van der Waals surface area (Å²) >= 11 is 0. The van der Waals surface area contributed by atoms with Gasteiger partial charge in [0.25, 0.3) is 5.91 Å². The number of hydrogen-bond acceptors (Lipinski definition) is 5. The van der Waals surface area contributed by atoms with Crippen molar-refractivity contribution >= 4 is 15.9 Å². The number of ether oxygens (including phenoxy) is 1. The molecule has 1 aliphatic rings. The van der Waals surface area contributed by atoms with E-state index in [-0.39, 0.29) is 11.9 Å². The van der Waals surface area contributed by atoms with Crippen molar-refractivity contribution in [2.24, 2.45) is 0 Å². The Morgan fingerprint density at radius 2 is 2.30 bits per heavy atom. The van der Waals surface area contributed by atoms with Crippen molar-refractivity contribution in [2.75, 3.05) is 0 Å². The van der Waals surface area contributed by atoms with Crippen molar-refractivity contribution in [1.82, 2.24) is 9.71 Å². The quantitative estimate of drug-likeness (QED) is 0.876. The van der Waals surface area contributed by atoms with Gasteiger partial charge in [0.05, 0.1) is 11.9 Å². The number of nitrogens with zero attached hydrogens (tertiary/aromatic N) is 1. The maximum Gasteiger partial charge on any atom is 0.262 e. The van der Waals surface area contributed by atoms with Gasteiger partial charge in [0.1, 0.15) is 6.10 Å². The molecule has 0 spiro atoms. The van der Waals surface area contributed by atoms with Gasteiger partial charge >= 0.3 is 0 Å². The van der Waals surface area contributed by atoms with Crippen molar-refractivity contribution in [3.63, 3.8) is 0 Å². The summed E-state index contributed by atoms with van der Waals surface area (Å²) in [7, 11) is -3.72. The molecule has 0 unspecified atom stereocenters. The Hall–Kier alpha value is -1.47. The Morgan fingerprint density at radius 1 is 1.50 bits per heavy atom. The van der Waals surface area contributed by atoms with E-state index in [2.05, 4.69) is 9.71 Å². The molecule has 1 saturated heterocycles. The van der Waals surface area contributed by atoms with E-state index in [1.807, 2.05) is 6.92 Å². The summed E-state index contributed by atoms with van der Waals surface area (Å²) in [4.78, 5) is 15.7. The van der Waals surface area contributed by atoms with E-state index in [4.69, 9.17) is 4.74 Å². The van der Waals surface area contributed by atoms with E-state index >= 15 is 0 Å². The van der Waals surface area contributed by atoms with Crippen LogP contribution >= 0.6 is 0 Å². The summed E-state index contributed by atoms with van der Waals surface area (Å²) in [6.45, 7) is 1.98. The molecule has 110 valence electrons. The second-order valence-electron chi connectivity index (χ2n) is 4.82. The minimum Gasteiger partial charge on any atom is -0.365 e. The van der Waals surface area contributed by atoms with Crippen LogP contribution in [-0.4, -0.2) is 31.5 Å². The molecule has 20 heavy (non-hydrogen) atoms. The molecule has 2 atom stereocenters. The molecular weight excluding hydrogens is 280 g/mol. The number of carbonyl (C=O) groups is 1. The largest absolute Gasteiger partial charge is 0.365 e. The molecule has 0 aromatic carbocycles. The molecule has 0 aliphatic carbocycles. The Kier molecular flexibility index (Phi) is 4.72. The molecule has 2 heterocycles. The molecule has 0 saturated carbocycles. The van der Waals surface area contributed by atoms with Gasteiger partial charge in [0.2, 0.25) is 10.0 Å². The van der Waals surface area contributed by atoms with Gasteiger partial charge in [-0.15, -0.1) is 0 Å². The second-order valence-corrected chi connectivity index (χ2v) is 6.54. The number of amides is 1. The van der Waals surface area contributed by atoms with Crippen LogP contribution < -0.4 is 4.72 Å². The SMILES string of the molecule is CC[C@@H]1CC[C@H](C(=O)NS(=O)(=O)Cc2cccnc2)O1. The zero-order valence-electron chi connectivity index (χ0n) is 11.3. The minimum absolute atomic E-state index is 0.0479. The van der Waals surface area contributed by atoms with Crippen LogP contribution in [0.4, 0.5) is 0 Å². The molecule has 1 aliphatic heterocycles. The summed E-state index contributed by atoms with van der Waals surface area (Å²) in [5.74, 6) is -0.846. The lowest BCUT2D eigenvalue weighted by Crippen LogP contribution is -2.39. The van der Waals surface area contributed by atoms with Gasteiger partial charge in [-0.1, -0.05) is 13.0 Å². The predicted molar refractivity (Wildman–Crippen MR) is 73.2 cm³/mol. The molecular formula is C13H18N2O4S. The first-order valence-electron chi connectivity index (χ1n) is 6.59. The van der Waals surface area contributed by atoms with E-state index < -0.39 is 22.0 Å². The fourth-order valence-corrected chi connectivity index (χ4v) is 3.28. The van der Waals surface area contributed by atoms with Gasteiger partial charge in [-0.05, 0) is 30.9 Å². The molecule has 6 nitrogen and oxygen atoms in total. The van der Waals surface area contributed by atoms with E-state index in [1.54, 1.807) is 18.3 Å². The van der Waals surface area contributed by atoms with Crippen molar-refractivity contribution in [3.05, 3.63) is 30.1 Å². The minimum atomic E-state index is -3.72. The maximum atomic E-state index is 11.9. The van der Waals surface area contributed by atoms with Crippen molar-refractivity contribution in [1.29, 1.82) is 0 Å². The monoisotopic (exact) mass is 298 g/mol. The smallest absolute Gasteiger partial charge is 0.262 e. The van der Waals surface area contributed by atoms with Gasteiger partial charge in [-0.2, -0.15) is 0 Å². The summed E-state index contributed by atoms with van der Waals surface area (Å²) in [5, 5.41) is 0. The number of aromatic nitrogens is 1. The topological polar surface area (TPSA) is 85.4 Å². The number of pyridine rings is 1. The molecule has 1 amide bonds. The lowest BCUT2D eigenvalue weighted by molar-refractivity contribution is -0.130. The molecule has 2 rings (SSSR count). The Bertz CT molecular complexity index is 559. The highest BCUT2D eigenvalue weighted by Gasteiger charge is 2.31. The fourth-order valence-electron chi connectivity index (χ4n) is 2.16. The molecule has 1 aromatic rings. The van der Waals surface area contributed by atoms with E-state index in [1.165, 1.54) is 6.20 Å². The van der Waals surface area contributed by atoms with Crippen LogP contribution in [-0.2, 0) is 25.3 Å². The van der Waals surface area contributed by atoms with Crippen LogP contribution in [0, 0.1) is 0 Å². The lowest BCUT2D eigenvalue weighted by atomic mass is 10.1. The van der Waals surface area contributed by atoms with Gasteiger partial charge in [-0.25, -0.2) is 8.42 Å². The molecule has 1 N–H and O–H groups in total. The van der Waals surface area contributed by atoms with E-state index in [0.717, 1.165) is 12.8 Å². The van der Waals surface area contributed by atoms with Crippen LogP contribution in [0.25, 0.3) is 0 Å².